The van der Waals surface area contributed by atoms with Crippen molar-refractivity contribution in [2.75, 3.05) is 7.11 Å². The Hall–Kier alpha value is -3.00. The highest BCUT2D eigenvalue weighted by Gasteiger charge is 2.22. The Labute approximate surface area is 176 Å². The lowest BCUT2D eigenvalue weighted by molar-refractivity contribution is 0.101. The largest absolute Gasteiger partial charge is 0.497 e. The molecule has 1 aromatic heterocycles. The molecule has 0 atom stereocenters. The topological polar surface area (TPSA) is 99.4 Å². The highest BCUT2D eigenvalue weighted by atomic mass is 32.2. The summed E-state index contributed by atoms with van der Waals surface area (Å²) in [4.78, 5) is 16.2. The summed E-state index contributed by atoms with van der Waals surface area (Å²) in [7, 11) is -2.01. The van der Waals surface area contributed by atoms with Crippen LogP contribution in [0.2, 0.25) is 0 Å². The SMILES string of the molecule is COc1ccc(-c2nc(CS(=O)(=O)Cc3c(C)cc(C)c(C(C)=O)c3C)no2)cc1. The first-order valence-corrected chi connectivity index (χ1v) is 11.2. The number of benzene rings is 2. The lowest BCUT2D eigenvalue weighted by Crippen LogP contribution is -2.13. The molecule has 0 aliphatic rings. The van der Waals surface area contributed by atoms with Gasteiger partial charge in [0, 0.05) is 11.1 Å². The third-order valence-electron chi connectivity index (χ3n) is 5.00. The van der Waals surface area contributed by atoms with Crippen LogP contribution in [0.15, 0.2) is 34.9 Å². The van der Waals surface area contributed by atoms with Gasteiger partial charge in [-0.05, 0) is 74.2 Å². The highest BCUT2D eigenvalue weighted by Crippen LogP contribution is 2.26. The minimum atomic E-state index is -3.58. The molecule has 0 bridgehead atoms. The second-order valence-electron chi connectivity index (χ2n) is 7.32. The summed E-state index contributed by atoms with van der Waals surface area (Å²) < 4.78 is 36.0. The van der Waals surface area contributed by atoms with Gasteiger partial charge in [0.1, 0.15) is 11.5 Å². The molecule has 7 nitrogen and oxygen atoms in total. The van der Waals surface area contributed by atoms with Gasteiger partial charge in [0.05, 0.1) is 12.9 Å². The van der Waals surface area contributed by atoms with Crippen LogP contribution >= 0.6 is 0 Å². The normalized spacial score (nSPS) is 11.5. The first-order chi connectivity index (χ1) is 14.1. The molecule has 0 N–H and O–H groups in total. The monoisotopic (exact) mass is 428 g/mol. The minimum Gasteiger partial charge on any atom is -0.497 e. The number of hydrogen-bond donors (Lipinski definition) is 0. The van der Waals surface area contributed by atoms with Crippen molar-refractivity contribution in [1.29, 1.82) is 0 Å². The van der Waals surface area contributed by atoms with Crippen molar-refractivity contribution in [1.82, 2.24) is 10.1 Å². The van der Waals surface area contributed by atoms with E-state index in [0.29, 0.717) is 28.0 Å². The molecule has 1 heterocycles. The van der Waals surface area contributed by atoms with Crippen molar-refractivity contribution in [3.8, 4) is 17.2 Å². The second-order valence-corrected chi connectivity index (χ2v) is 9.39. The van der Waals surface area contributed by atoms with Crippen LogP contribution in [0.3, 0.4) is 0 Å². The van der Waals surface area contributed by atoms with Crippen molar-refractivity contribution >= 4 is 15.6 Å². The molecule has 0 saturated carbocycles. The van der Waals surface area contributed by atoms with Crippen molar-refractivity contribution in [2.45, 2.75) is 39.2 Å². The molecule has 3 aromatic rings. The molecule has 0 aliphatic carbocycles. The van der Waals surface area contributed by atoms with Crippen LogP contribution in [0.1, 0.15) is 45.4 Å². The number of Topliss-reactive ketones (excluding diaryl/α,β-unsaturated/α-hetero) is 1. The zero-order valence-electron chi connectivity index (χ0n) is 17.6. The van der Waals surface area contributed by atoms with Crippen LogP contribution in [0.5, 0.6) is 5.75 Å². The highest BCUT2D eigenvalue weighted by molar-refractivity contribution is 7.89. The number of rotatable bonds is 7. The van der Waals surface area contributed by atoms with E-state index in [1.807, 2.05) is 19.9 Å². The van der Waals surface area contributed by atoms with Crippen LogP contribution in [0, 0.1) is 20.8 Å². The lowest BCUT2D eigenvalue weighted by Gasteiger charge is -2.15. The molecule has 0 radical (unpaired) electrons. The standard InChI is InChI=1S/C22H24N2O5S/c1-13-10-14(2)21(16(4)25)15(3)19(13)11-30(26,27)12-20-23-22(29-24-20)17-6-8-18(28-5)9-7-17/h6-10H,11-12H2,1-5H3. The Morgan fingerprint density at radius 2 is 1.73 bits per heavy atom. The van der Waals surface area contributed by atoms with E-state index >= 15 is 0 Å². The van der Waals surface area contributed by atoms with E-state index in [4.69, 9.17) is 9.26 Å². The van der Waals surface area contributed by atoms with Gasteiger partial charge in [-0.15, -0.1) is 0 Å². The maximum Gasteiger partial charge on any atom is 0.257 e. The van der Waals surface area contributed by atoms with Crippen molar-refractivity contribution in [3.63, 3.8) is 0 Å². The molecule has 0 unspecified atom stereocenters. The summed E-state index contributed by atoms with van der Waals surface area (Å²) in [5, 5.41) is 3.82. The predicted molar refractivity (Wildman–Crippen MR) is 113 cm³/mol. The van der Waals surface area contributed by atoms with E-state index in [-0.39, 0.29) is 29.0 Å². The number of nitrogens with zero attached hydrogens (tertiary/aromatic N) is 2. The summed E-state index contributed by atoms with van der Waals surface area (Å²) in [6, 6.07) is 8.88. The zero-order valence-corrected chi connectivity index (χ0v) is 18.5. The Morgan fingerprint density at radius 1 is 1.07 bits per heavy atom. The first-order valence-electron chi connectivity index (χ1n) is 9.39. The summed E-state index contributed by atoms with van der Waals surface area (Å²) in [6.07, 6.45) is 0. The summed E-state index contributed by atoms with van der Waals surface area (Å²) in [5.41, 5.74) is 4.28. The van der Waals surface area contributed by atoms with Crippen LogP contribution in [-0.2, 0) is 21.3 Å². The van der Waals surface area contributed by atoms with E-state index in [9.17, 15) is 13.2 Å². The average molecular weight is 429 g/mol. The summed E-state index contributed by atoms with van der Waals surface area (Å²) in [5.74, 6) is 0.395. The first kappa shape index (κ1) is 21.7. The quantitative estimate of drug-likeness (QED) is 0.525. The Morgan fingerprint density at radius 3 is 2.33 bits per heavy atom. The maximum absolute atomic E-state index is 12.8. The van der Waals surface area contributed by atoms with Gasteiger partial charge in [0.15, 0.2) is 21.4 Å². The lowest BCUT2D eigenvalue weighted by atomic mass is 9.92. The number of aromatic nitrogens is 2. The van der Waals surface area contributed by atoms with E-state index < -0.39 is 9.84 Å². The number of sulfone groups is 1. The van der Waals surface area contributed by atoms with E-state index in [2.05, 4.69) is 10.1 Å². The molecule has 0 spiro atoms. The van der Waals surface area contributed by atoms with Crippen LogP contribution in [-0.4, -0.2) is 31.5 Å². The molecule has 3 rings (SSSR count). The van der Waals surface area contributed by atoms with Gasteiger partial charge < -0.3 is 9.26 Å². The molecule has 0 fully saturated rings. The van der Waals surface area contributed by atoms with E-state index in [0.717, 1.165) is 11.1 Å². The van der Waals surface area contributed by atoms with Gasteiger partial charge in [-0.25, -0.2) is 8.42 Å². The van der Waals surface area contributed by atoms with Gasteiger partial charge in [-0.2, -0.15) is 4.98 Å². The van der Waals surface area contributed by atoms with E-state index in [1.165, 1.54) is 6.92 Å². The molecule has 30 heavy (non-hydrogen) atoms. The number of ether oxygens (including phenoxy) is 1. The fraction of sp³-hybridized carbons (Fsp3) is 0.318. The molecule has 0 saturated heterocycles. The number of methoxy groups -OCH3 is 1. The summed E-state index contributed by atoms with van der Waals surface area (Å²) in [6.45, 7) is 6.99. The molecular formula is C22H24N2O5S. The second kappa shape index (κ2) is 8.39. The minimum absolute atomic E-state index is 0.0778. The number of carbonyl (C=O) groups excluding carboxylic acids is 1. The molecule has 0 aliphatic heterocycles. The van der Waals surface area contributed by atoms with Crippen molar-refractivity contribution < 1.29 is 22.5 Å². The number of aryl methyl sites for hydroxylation is 2. The van der Waals surface area contributed by atoms with E-state index in [1.54, 1.807) is 38.3 Å². The van der Waals surface area contributed by atoms with Crippen molar-refractivity contribution in [3.05, 3.63) is 64.0 Å². The zero-order chi connectivity index (χ0) is 22.1. The van der Waals surface area contributed by atoms with Gasteiger partial charge in [-0.3, -0.25) is 4.79 Å². The van der Waals surface area contributed by atoms with Crippen LogP contribution in [0.25, 0.3) is 11.5 Å². The predicted octanol–water partition coefficient (Wildman–Crippen LogP) is 3.99. The fourth-order valence-electron chi connectivity index (χ4n) is 3.62. The van der Waals surface area contributed by atoms with Gasteiger partial charge in [0.25, 0.3) is 5.89 Å². The van der Waals surface area contributed by atoms with Crippen LogP contribution < -0.4 is 4.74 Å². The number of carbonyl (C=O) groups is 1. The fourth-order valence-corrected chi connectivity index (χ4v) is 5.12. The smallest absolute Gasteiger partial charge is 0.257 e. The molecule has 0 amide bonds. The van der Waals surface area contributed by atoms with Gasteiger partial charge in [0.2, 0.25) is 0 Å². The third kappa shape index (κ3) is 4.59. The Balaban J connectivity index is 1.84. The van der Waals surface area contributed by atoms with Gasteiger partial charge >= 0.3 is 0 Å². The van der Waals surface area contributed by atoms with Crippen LogP contribution in [0.4, 0.5) is 0 Å². The maximum atomic E-state index is 12.8. The third-order valence-corrected chi connectivity index (χ3v) is 6.43. The molecule has 158 valence electrons. The van der Waals surface area contributed by atoms with Gasteiger partial charge in [-0.1, -0.05) is 11.2 Å². The number of hydrogen-bond acceptors (Lipinski definition) is 7. The Bertz CT molecular complexity index is 1200. The molecular weight excluding hydrogens is 404 g/mol. The number of ketones is 1. The summed E-state index contributed by atoms with van der Waals surface area (Å²) >= 11 is 0. The molecule has 8 heteroatoms. The van der Waals surface area contributed by atoms with Crippen molar-refractivity contribution in [2.24, 2.45) is 0 Å². The average Bonchev–Trinajstić information content (AvgIpc) is 3.12. The molecule has 2 aromatic carbocycles. The Kier molecular flexibility index (Phi) is 6.07.